The maximum absolute atomic E-state index is 11.5. The molecule has 0 radical (unpaired) electrons. The second-order valence-electron chi connectivity index (χ2n) is 3.65. The molecule has 0 fully saturated rings. The molecule has 1 aromatic heterocycles. The van der Waals surface area contributed by atoms with Gasteiger partial charge in [-0.25, -0.2) is 0 Å². The van der Waals surface area contributed by atoms with Crippen LogP contribution in [-0.4, -0.2) is 49.1 Å². The molecule has 2 amide bonds. The Bertz CT molecular complexity index is 408. The number of rotatable bonds is 5. The van der Waals surface area contributed by atoms with Crippen molar-refractivity contribution in [2.75, 3.05) is 32.5 Å². The van der Waals surface area contributed by atoms with Crippen LogP contribution in [0.4, 0.5) is 5.82 Å². The third-order valence-electron chi connectivity index (χ3n) is 2.03. The summed E-state index contributed by atoms with van der Waals surface area (Å²) >= 11 is 0. The molecule has 8 heteroatoms. The molecule has 0 spiro atoms. The number of hydrogen-bond acceptors (Lipinski definition) is 5. The quantitative estimate of drug-likeness (QED) is 0.792. The lowest BCUT2D eigenvalue weighted by Gasteiger charge is -2.15. The molecule has 0 aliphatic heterocycles. The minimum atomic E-state index is -0.315. The number of amides is 2. The third-order valence-corrected chi connectivity index (χ3v) is 2.03. The van der Waals surface area contributed by atoms with Crippen LogP contribution in [0, 0.1) is 6.92 Å². The van der Waals surface area contributed by atoms with Gasteiger partial charge in [0.15, 0.2) is 5.82 Å². The van der Waals surface area contributed by atoms with Gasteiger partial charge >= 0.3 is 0 Å². The minimum Gasteiger partial charge on any atom is -0.360 e. The van der Waals surface area contributed by atoms with Crippen molar-refractivity contribution >= 4 is 30.0 Å². The summed E-state index contributed by atoms with van der Waals surface area (Å²) < 4.78 is 4.80. The van der Waals surface area contributed by atoms with Gasteiger partial charge in [-0.1, -0.05) is 5.16 Å². The Labute approximate surface area is 111 Å². The molecular weight excluding hydrogens is 260 g/mol. The smallest absolute Gasteiger partial charge is 0.245 e. The highest BCUT2D eigenvalue weighted by Gasteiger charge is 2.13. The van der Waals surface area contributed by atoms with E-state index in [-0.39, 0.29) is 37.3 Å². The van der Waals surface area contributed by atoms with Crippen molar-refractivity contribution in [3.05, 3.63) is 11.8 Å². The summed E-state index contributed by atoms with van der Waals surface area (Å²) in [7, 11) is 3.23. The van der Waals surface area contributed by atoms with E-state index in [4.69, 9.17) is 4.52 Å². The number of carbonyl (C=O) groups excluding carboxylic acids is 2. The molecule has 1 heterocycles. The highest BCUT2D eigenvalue weighted by molar-refractivity contribution is 5.93. The van der Waals surface area contributed by atoms with E-state index >= 15 is 0 Å². The molecule has 0 saturated heterocycles. The van der Waals surface area contributed by atoms with E-state index < -0.39 is 0 Å². The van der Waals surface area contributed by atoms with Crippen LogP contribution >= 0.6 is 12.4 Å². The van der Waals surface area contributed by atoms with E-state index in [2.05, 4.69) is 15.8 Å². The molecule has 2 N–H and O–H groups in total. The first-order chi connectivity index (χ1) is 8.02. The molecule has 0 unspecified atom stereocenters. The normalized spacial score (nSPS) is 9.50. The van der Waals surface area contributed by atoms with Crippen LogP contribution in [0.25, 0.3) is 0 Å². The highest BCUT2D eigenvalue weighted by atomic mass is 35.5. The topological polar surface area (TPSA) is 87.5 Å². The van der Waals surface area contributed by atoms with Gasteiger partial charge in [0.25, 0.3) is 0 Å². The maximum Gasteiger partial charge on any atom is 0.245 e. The van der Waals surface area contributed by atoms with Crippen LogP contribution in [-0.2, 0) is 9.59 Å². The van der Waals surface area contributed by atoms with Crippen LogP contribution in [0.5, 0.6) is 0 Å². The molecule has 0 aliphatic carbocycles. The summed E-state index contributed by atoms with van der Waals surface area (Å²) in [4.78, 5) is 24.3. The first kappa shape index (κ1) is 16.4. The van der Waals surface area contributed by atoms with Gasteiger partial charge in [0, 0.05) is 13.1 Å². The Balaban J connectivity index is 0.00000289. The summed E-state index contributed by atoms with van der Waals surface area (Å²) in [5, 5.41) is 8.88. The Morgan fingerprint density at radius 3 is 2.67 bits per heavy atom. The second kappa shape index (κ2) is 7.67. The summed E-state index contributed by atoms with van der Waals surface area (Å²) in [6.07, 6.45) is 0. The van der Waals surface area contributed by atoms with Crippen LogP contribution in [0.15, 0.2) is 10.6 Å². The van der Waals surface area contributed by atoms with E-state index in [9.17, 15) is 9.59 Å². The summed E-state index contributed by atoms with van der Waals surface area (Å²) in [6, 6.07) is 1.60. The van der Waals surface area contributed by atoms with Gasteiger partial charge in [-0.3, -0.25) is 9.59 Å². The molecule has 1 aromatic rings. The Kier molecular flexibility index (Phi) is 6.99. The molecule has 18 heavy (non-hydrogen) atoms. The number of likely N-dealkylation sites (N-methyl/N-ethyl adjacent to an activating group) is 2. The maximum atomic E-state index is 11.5. The summed E-state index contributed by atoms with van der Waals surface area (Å²) in [5.74, 6) is 0.492. The highest BCUT2D eigenvalue weighted by Crippen LogP contribution is 2.06. The first-order valence-electron chi connectivity index (χ1n) is 5.14. The van der Waals surface area contributed by atoms with Crippen molar-refractivity contribution in [1.82, 2.24) is 15.4 Å². The zero-order valence-electron chi connectivity index (χ0n) is 10.5. The minimum absolute atomic E-state index is 0. The van der Waals surface area contributed by atoms with E-state index in [1.807, 2.05) is 0 Å². The lowest BCUT2D eigenvalue weighted by molar-refractivity contribution is -0.132. The van der Waals surface area contributed by atoms with Gasteiger partial charge in [0.2, 0.25) is 11.8 Å². The largest absolute Gasteiger partial charge is 0.360 e. The number of nitrogens with one attached hydrogen (secondary N) is 2. The van der Waals surface area contributed by atoms with E-state index in [0.29, 0.717) is 11.6 Å². The van der Waals surface area contributed by atoms with Crippen LogP contribution in [0.1, 0.15) is 5.76 Å². The lowest BCUT2D eigenvalue weighted by atomic mass is 10.4. The molecule has 0 saturated carbocycles. The molecule has 0 aromatic carbocycles. The number of anilines is 1. The van der Waals surface area contributed by atoms with Gasteiger partial charge in [-0.2, -0.15) is 0 Å². The Morgan fingerprint density at radius 2 is 2.17 bits per heavy atom. The molecule has 0 aliphatic rings. The van der Waals surface area contributed by atoms with Crippen LogP contribution < -0.4 is 10.6 Å². The fraction of sp³-hybridized carbons (Fsp3) is 0.500. The number of nitrogens with zero attached hydrogens (tertiary/aromatic N) is 2. The van der Waals surface area contributed by atoms with Crippen molar-refractivity contribution in [3.63, 3.8) is 0 Å². The number of carbonyl (C=O) groups is 2. The van der Waals surface area contributed by atoms with Crippen LogP contribution in [0.3, 0.4) is 0 Å². The molecule has 0 atom stereocenters. The third kappa shape index (κ3) is 5.15. The lowest BCUT2D eigenvalue weighted by Crippen LogP contribution is -2.39. The Morgan fingerprint density at radius 1 is 1.50 bits per heavy atom. The Hall–Kier alpha value is -1.60. The number of aromatic nitrogens is 1. The van der Waals surface area contributed by atoms with E-state index in [1.54, 1.807) is 27.1 Å². The number of halogens is 1. The van der Waals surface area contributed by atoms with Crippen molar-refractivity contribution in [2.45, 2.75) is 6.92 Å². The molecule has 7 nitrogen and oxygen atoms in total. The molecular formula is C10H17ClN4O3. The SMILES string of the molecule is CNCC(=O)N(C)CC(=O)Nc1cc(C)on1.Cl. The van der Waals surface area contributed by atoms with E-state index in [0.717, 1.165) is 0 Å². The summed E-state index contributed by atoms with van der Waals surface area (Å²) in [6.45, 7) is 1.91. The number of aryl methyl sites for hydroxylation is 1. The van der Waals surface area contributed by atoms with Crippen LogP contribution in [0.2, 0.25) is 0 Å². The first-order valence-corrected chi connectivity index (χ1v) is 5.14. The standard InChI is InChI=1S/C10H16N4O3.ClH/c1-7-4-8(13-17-7)12-9(15)6-14(3)10(16)5-11-2;/h4,11H,5-6H2,1-3H3,(H,12,13,15);1H. The van der Waals surface area contributed by atoms with Gasteiger partial charge in [0.1, 0.15) is 5.76 Å². The predicted octanol–water partition coefficient (Wildman–Crippen LogP) is 0.0211. The average Bonchev–Trinajstić information content (AvgIpc) is 2.64. The fourth-order valence-corrected chi connectivity index (χ4v) is 1.20. The molecule has 1 rings (SSSR count). The van der Waals surface area contributed by atoms with Crippen molar-refractivity contribution in [3.8, 4) is 0 Å². The predicted molar refractivity (Wildman–Crippen MR) is 68.7 cm³/mol. The van der Waals surface area contributed by atoms with Gasteiger partial charge in [-0.05, 0) is 14.0 Å². The zero-order valence-corrected chi connectivity index (χ0v) is 11.3. The van der Waals surface area contributed by atoms with Crippen molar-refractivity contribution in [1.29, 1.82) is 0 Å². The zero-order chi connectivity index (χ0) is 12.8. The molecule has 0 bridgehead atoms. The van der Waals surface area contributed by atoms with Gasteiger partial charge in [0.05, 0.1) is 13.1 Å². The van der Waals surface area contributed by atoms with Crippen molar-refractivity contribution < 1.29 is 14.1 Å². The fourth-order valence-electron chi connectivity index (χ4n) is 1.20. The van der Waals surface area contributed by atoms with Gasteiger partial charge < -0.3 is 20.1 Å². The van der Waals surface area contributed by atoms with Gasteiger partial charge in [-0.15, -0.1) is 12.4 Å². The number of hydrogen-bond donors (Lipinski definition) is 2. The second-order valence-corrected chi connectivity index (χ2v) is 3.65. The monoisotopic (exact) mass is 276 g/mol. The summed E-state index contributed by atoms with van der Waals surface area (Å²) in [5.41, 5.74) is 0. The molecule has 102 valence electrons. The van der Waals surface area contributed by atoms with Crippen molar-refractivity contribution in [2.24, 2.45) is 0 Å². The average molecular weight is 277 g/mol. The van der Waals surface area contributed by atoms with E-state index in [1.165, 1.54) is 4.90 Å².